The van der Waals surface area contributed by atoms with E-state index in [1.807, 2.05) is 0 Å². The highest BCUT2D eigenvalue weighted by Crippen LogP contribution is 2.07. The normalized spacial score (nSPS) is 17.4. The van der Waals surface area contributed by atoms with Gasteiger partial charge in [-0.2, -0.15) is 0 Å². The van der Waals surface area contributed by atoms with Gasteiger partial charge in [0.2, 0.25) is 0 Å². The molecule has 0 bridgehead atoms. The van der Waals surface area contributed by atoms with Crippen molar-refractivity contribution >= 4 is 0 Å². The van der Waals surface area contributed by atoms with Crippen molar-refractivity contribution in [1.29, 1.82) is 0 Å². The summed E-state index contributed by atoms with van der Waals surface area (Å²) in [6.45, 7) is 10.5. The maximum absolute atomic E-state index is 5.64. The van der Waals surface area contributed by atoms with E-state index in [-0.39, 0.29) is 0 Å². The Bertz CT molecular complexity index is 155. The van der Waals surface area contributed by atoms with Crippen LogP contribution in [-0.4, -0.2) is 55.6 Å². The summed E-state index contributed by atoms with van der Waals surface area (Å²) in [5.74, 6) is 0. The van der Waals surface area contributed by atoms with Crippen LogP contribution in [0.3, 0.4) is 0 Å². The lowest BCUT2D eigenvalue weighted by atomic mass is 10.3. The van der Waals surface area contributed by atoms with Crippen molar-refractivity contribution in [1.82, 2.24) is 9.80 Å². The number of hydrogen-bond donors (Lipinski definition) is 1. The van der Waals surface area contributed by atoms with Crippen molar-refractivity contribution in [2.75, 3.05) is 45.8 Å². The molecule has 1 saturated heterocycles. The van der Waals surface area contributed by atoms with Gasteiger partial charge in [0.05, 0.1) is 0 Å². The Morgan fingerprint density at radius 3 is 2.38 bits per heavy atom. The van der Waals surface area contributed by atoms with E-state index >= 15 is 0 Å². The van der Waals surface area contributed by atoms with Crippen LogP contribution in [0.15, 0.2) is 0 Å². The van der Waals surface area contributed by atoms with Crippen molar-refractivity contribution in [2.45, 2.75) is 39.0 Å². The Kier molecular flexibility index (Phi) is 7.81. The third kappa shape index (κ3) is 5.83. The van der Waals surface area contributed by atoms with Crippen molar-refractivity contribution in [2.24, 2.45) is 5.73 Å². The summed E-state index contributed by atoms with van der Waals surface area (Å²) < 4.78 is 0. The van der Waals surface area contributed by atoms with E-state index in [9.17, 15) is 0 Å². The fourth-order valence-electron chi connectivity index (χ4n) is 2.42. The van der Waals surface area contributed by atoms with E-state index in [1.165, 1.54) is 64.8 Å². The van der Waals surface area contributed by atoms with Crippen molar-refractivity contribution in [3.8, 4) is 0 Å². The maximum Gasteiger partial charge on any atom is 0.0105 e. The van der Waals surface area contributed by atoms with E-state index in [4.69, 9.17) is 5.73 Å². The first kappa shape index (κ1) is 13.9. The molecule has 16 heavy (non-hydrogen) atoms. The third-order valence-electron chi connectivity index (χ3n) is 3.42. The van der Waals surface area contributed by atoms with Gasteiger partial charge in [-0.05, 0) is 58.4 Å². The predicted octanol–water partition coefficient (Wildman–Crippen LogP) is 1.53. The first-order valence-corrected chi connectivity index (χ1v) is 7.01. The molecular weight excluding hydrogens is 198 g/mol. The van der Waals surface area contributed by atoms with E-state index in [2.05, 4.69) is 16.7 Å². The Morgan fingerprint density at radius 2 is 1.75 bits per heavy atom. The van der Waals surface area contributed by atoms with Crippen LogP contribution in [0, 0.1) is 0 Å². The van der Waals surface area contributed by atoms with Gasteiger partial charge >= 0.3 is 0 Å². The first-order valence-electron chi connectivity index (χ1n) is 7.01. The zero-order chi connectivity index (χ0) is 11.6. The average molecular weight is 227 g/mol. The van der Waals surface area contributed by atoms with Crippen molar-refractivity contribution in [3.05, 3.63) is 0 Å². The van der Waals surface area contributed by atoms with Gasteiger partial charge < -0.3 is 15.5 Å². The second-order valence-electron chi connectivity index (χ2n) is 4.89. The number of nitrogens with two attached hydrogens (primary N) is 1. The number of unbranched alkanes of at least 4 members (excludes halogenated alkanes) is 1. The Hall–Kier alpha value is -0.120. The standard InChI is InChI=1S/C13H29N3/c1-2-3-8-16(13-7-14)12-6-11-15-9-4-5-10-15/h2-14H2,1H3. The number of rotatable bonds is 9. The molecular formula is C13H29N3. The van der Waals surface area contributed by atoms with Crippen LogP contribution in [0.2, 0.25) is 0 Å². The van der Waals surface area contributed by atoms with E-state index in [1.54, 1.807) is 0 Å². The van der Waals surface area contributed by atoms with Crippen LogP contribution >= 0.6 is 0 Å². The molecule has 1 aliphatic rings. The van der Waals surface area contributed by atoms with Gasteiger partial charge in [-0.3, -0.25) is 0 Å². The highest BCUT2D eigenvalue weighted by molar-refractivity contribution is 4.67. The quantitative estimate of drug-likeness (QED) is 0.648. The van der Waals surface area contributed by atoms with E-state index in [0.29, 0.717) is 0 Å². The predicted molar refractivity (Wildman–Crippen MR) is 70.7 cm³/mol. The molecule has 1 fully saturated rings. The molecule has 0 saturated carbocycles. The van der Waals surface area contributed by atoms with Crippen LogP contribution in [-0.2, 0) is 0 Å². The summed E-state index contributed by atoms with van der Waals surface area (Å²) in [5.41, 5.74) is 5.64. The van der Waals surface area contributed by atoms with Gasteiger partial charge in [-0.15, -0.1) is 0 Å². The minimum absolute atomic E-state index is 0.799. The van der Waals surface area contributed by atoms with Crippen molar-refractivity contribution < 1.29 is 0 Å². The van der Waals surface area contributed by atoms with Gasteiger partial charge in [0, 0.05) is 13.1 Å². The molecule has 2 N–H and O–H groups in total. The Morgan fingerprint density at radius 1 is 1.06 bits per heavy atom. The topological polar surface area (TPSA) is 32.5 Å². The SMILES string of the molecule is CCCCN(CCN)CCCN1CCCC1. The molecule has 0 amide bonds. The van der Waals surface area contributed by atoms with Crippen LogP contribution in [0.25, 0.3) is 0 Å². The molecule has 0 aromatic heterocycles. The average Bonchev–Trinajstić information content (AvgIpc) is 2.79. The van der Waals surface area contributed by atoms with Gasteiger partial charge in [0.15, 0.2) is 0 Å². The molecule has 0 aromatic carbocycles. The lowest BCUT2D eigenvalue weighted by Crippen LogP contribution is -2.33. The minimum Gasteiger partial charge on any atom is -0.329 e. The molecule has 3 heteroatoms. The molecule has 1 heterocycles. The molecule has 1 aliphatic heterocycles. The van der Waals surface area contributed by atoms with Crippen molar-refractivity contribution in [3.63, 3.8) is 0 Å². The summed E-state index contributed by atoms with van der Waals surface area (Å²) in [4.78, 5) is 5.13. The first-order chi connectivity index (χ1) is 7.86. The molecule has 0 aromatic rings. The molecule has 0 spiro atoms. The fraction of sp³-hybridized carbons (Fsp3) is 1.00. The van der Waals surface area contributed by atoms with Crippen LogP contribution < -0.4 is 5.73 Å². The molecule has 3 nitrogen and oxygen atoms in total. The Labute approximate surface area is 101 Å². The summed E-state index contributed by atoms with van der Waals surface area (Å²) in [5, 5.41) is 0. The van der Waals surface area contributed by atoms with Gasteiger partial charge in [0.1, 0.15) is 0 Å². The molecule has 0 aliphatic carbocycles. The minimum atomic E-state index is 0.799. The molecule has 96 valence electrons. The highest BCUT2D eigenvalue weighted by Gasteiger charge is 2.11. The van der Waals surface area contributed by atoms with E-state index in [0.717, 1.165) is 13.1 Å². The summed E-state index contributed by atoms with van der Waals surface area (Å²) in [6.07, 6.45) is 6.71. The smallest absolute Gasteiger partial charge is 0.0105 e. The zero-order valence-electron chi connectivity index (χ0n) is 11.0. The zero-order valence-corrected chi connectivity index (χ0v) is 11.0. The number of hydrogen-bond acceptors (Lipinski definition) is 3. The molecule has 0 unspecified atom stereocenters. The van der Waals surface area contributed by atoms with Crippen LogP contribution in [0.5, 0.6) is 0 Å². The second-order valence-corrected chi connectivity index (χ2v) is 4.89. The summed E-state index contributed by atoms with van der Waals surface area (Å²) in [6, 6.07) is 0. The second kappa shape index (κ2) is 8.97. The molecule has 1 rings (SSSR count). The van der Waals surface area contributed by atoms with Gasteiger partial charge in [0.25, 0.3) is 0 Å². The van der Waals surface area contributed by atoms with E-state index < -0.39 is 0 Å². The highest BCUT2D eigenvalue weighted by atomic mass is 15.2. The molecule has 0 atom stereocenters. The number of nitrogens with zero attached hydrogens (tertiary/aromatic N) is 2. The van der Waals surface area contributed by atoms with Crippen LogP contribution in [0.4, 0.5) is 0 Å². The largest absolute Gasteiger partial charge is 0.329 e. The Balaban J connectivity index is 2.05. The summed E-state index contributed by atoms with van der Waals surface area (Å²) >= 11 is 0. The maximum atomic E-state index is 5.64. The molecule has 0 radical (unpaired) electrons. The summed E-state index contributed by atoms with van der Waals surface area (Å²) in [7, 11) is 0. The lowest BCUT2D eigenvalue weighted by molar-refractivity contribution is 0.247. The lowest BCUT2D eigenvalue weighted by Gasteiger charge is -2.23. The van der Waals surface area contributed by atoms with Gasteiger partial charge in [-0.1, -0.05) is 13.3 Å². The fourth-order valence-corrected chi connectivity index (χ4v) is 2.42. The third-order valence-corrected chi connectivity index (χ3v) is 3.42. The van der Waals surface area contributed by atoms with Gasteiger partial charge in [-0.25, -0.2) is 0 Å². The monoisotopic (exact) mass is 227 g/mol. The number of likely N-dealkylation sites (tertiary alicyclic amines) is 1. The van der Waals surface area contributed by atoms with Crippen LogP contribution in [0.1, 0.15) is 39.0 Å².